The fourth-order valence-electron chi connectivity index (χ4n) is 2.40. The minimum Gasteiger partial charge on any atom is -0.456 e. The lowest BCUT2D eigenvalue weighted by atomic mass is 9.98. The predicted octanol–water partition coefficient (Wildman–Crippen LogP) is 3.58. The SMILES string of the molecule is Cc1ccc([N+](=O)[O-])cc1NC(=O)COC(=O)C[C@H](C)c1ccccc1. The second kappa shape index (κ2) is 8.75. The Bertz CT molecular complexity index is 805. The molecule has 0 heterocycles. The summed E-state index contributed by atoms with van der Waals surface area (Å²) < 4.78 is 5.00. The summed E-state index contributed by atoms with van der Waals surface area (Å²) in [5.74, 6) is -1.05. The number of amides is 1. The summed E-state index contributed by atoms with van der Waals surface area (Å²) in [5.41, 5.74) is 1.88. The number of hydrogen-bond donors (Lipinski definition) is 1. The molecule has 2 aromatic rings. The standard InChI is InChI=1S/C19H20N2O5/c1-13-8-9-16(21(24)25)11-17(13)20-18(22)12-26-19(23)10-14(2)15-6-4-3-5-7-15/h3-9,11,14H,10,12H2,1-2H3,(H,20,22)/t14-/m0/s1. The average molecular weight is 356 g/mol. The van der Waals surface area contributed by atoms with Crippen molar-refractivity contribution in [3.63, 3.8) is 0 Å². The second-order valence-electron chi connectivity index (χ2n) is 5.98. The molecule has 0 saturated heterocycles. The summed E-state index contributed by atoms with van der Waals surface area (Å²) in [6, 6.07) is 13.7. The zero-order valence-electron chi connectivity index (χ0n) is 14.6. The molecule has 0 aliphatic rings. The molecular formula is C19H20N2O5. The summed E-state index contributed by atoms with van der Waals surface area (Å²) in [5, 5.41) is 13.3. The fourth-order valence-corrected chi connectivity index (χ4v) is 2.40. The van der Waals surface area contributed by atoms with Crippen LogP contribution in [-0.4, -0.2) is 23.4 Å². The van der Waals surface area contributed by atoms with E-state index >= 15 is 0 Å². The normalized spacial score (nSPS) is 11.5. The molecule has 26 heavy (non-hydrogen) atoms. The van der Waals surface area contributed by atoms with Crippen molar-refractivity contribution < 1.29 is 19.2 Å². The lowest BCUT2D eigenvalue weighted by molar-refractivity contribution is -0.384. The summed E-state index contributed by atoms with van der Waals surface area (Å²) >= 11 is 0. The molecule has 0 aliphatic heterocycles. The third-order valence-electron chi connectivity index (χ3n) is 3.91. The van der Waals surface area contributed by atoms with Gasteiger partial charge in [0.25, 0.3) is 11.6 Å². The first-order valence-corrected chi connectivity index (χ1v) is 8.12. The van der Waals surface area contributed by atoms with Crippen molar-refractivity contribution in [2.24, 2.45) is 0 Å². The van der Waals surface area contributed by atoms with Gasteiger partial charge in [-0.05, 0) is 24.0 Å². The minimum atomic E-state index is -0.547. The topological polar surface area (TPSA) is 98.5 Å². The van der Waals surface area contributed by atoms with E-state index in [0.717, 1.165) is 5.56 Å². The van der Waals surface area contributed by atoms with E-state index in [1.807, 2.05) is 37.3 Å². The average Bonchev–Trinajstić information content (AvgIpc) is 2.62. The van der Waals surface area contributed by atoms with Crippen LogP contribution in [0.5, 0.6) is 0 Å². The number of hydrogen-bond acceptors (Lipinski definition) is 5. The number of nitrogens with zero attached hydrogens (tertiary/aromatic N) is 1. The largest absolute Gasteiger partial charge is 0.456 e. The zero-order valence-corrected chi connectivity index (χ0v) is 14.6. The Kier molecular flexibility index (Phi) is 6.43. The number of anilines is 1. The Morgan fingerprint density at radius 2 is 1.88 bits per heavy atom. The maximum absolute atomic E-state index is 11.9. The van der Waals surface area contributed by atoms with E-state index in [-0.39, 0.29) is 18.0 Å². The molecular weight excluding hydrogens is 336 g/mol. The number of rotatable bonds is 7. The molecule has 0 aliphatic carbocycles. The predicted molar refractivity (Wildman–Crippen MR) is 96.9 cm³/mol. The molecule has 7 heteroatoms. The van der Waals surface area contributed by atoms with Crippen LogP contribution >= 0.6 is 0 Å². The molecule has 1 N–H and O–H groups in total. The molecule has 0 aromatic heterocycles. The van der Waals surface area contributed by atoms with Crippen LogP contribution in [0.2, 0.25) is 0 Å². The number of carbonyl (C=O) groups excluding carboxylic acids is 2. The van der Waals surface area contributed by atoms with Gasteiger partial charge in [0.2, 0.25) is 0 Å². The molecule has 0 spiro atoms. The number of non-ortho nitro benzene ring substituents is 1. The molecule has 0 fully saturated rings. The van der Waals surface area contributed by atoms with Crippen LogP contribution in [0.3, 0.4) is 0 Å². The number of esters is 1. The van der Waals surface area contributed by atoms with Crippen LogP contribution in [0.4, 0.5) is 11.4 Å². The maximum atomic E-state index is 11.9. The molecule has 2 aromatic carbocycles. The fraction of sp³-hybridized carbons (Fsp3) is 0.263. The highest BCUT2D eigenvalue weighted by atomic mass is 16.6. The highest BCUT2D eigenvalue weighted by Gasteiger charge is 2.15. The van der Waals surface area contributed by atoms with Gasteiger partial charge >= 0.3 is 5.97 Å². The van der Waals surface area contributed by atoms with Gasteiger partial charge < -0.3 is 10.1 Å². The van der Waals surface area contributed by atoms with E-state index in [4.69, 9.17) is 4.74 Å². The van der Waals surface area contributed by atoms with Gasteiger partial charge in [-0.2, -0.15) is 0 Å². The number of nitro groups is 1. The smallest absolute Gasteiger partial charge is 0.306 e. The Labute approximate surface area is 151 Å². The first kappa shape index (κ1) is 19.1. The van der Waals surface area contributed by atoms with Crippen LogP contribution in [0, 0.1) is 17.0 Å². The third kappa shape index (κ3) is 5.41. The quantitative estimate of drug-likeness (QED) is 0.464. The lowest BCUT2D eigenvalue weighted by Gasteiger charge is -2.12. The number of benzene rings is 2. The minimum absolute atomic E-state index is 0.0224. The van der Waals surface area contributed by atoms with Crippen molar-refractivity contribution >= 4 is 23.3 Å². The summed E-state index contributed by atoms with van der Waals surface area (Å²) in [6.07, 6.45) is 0.160. The van der Waals surface area contributed by atoms with Crippen molar-refractivity contribution in [2.45, 2.75) is 26.2 Å². The Balaban J connectivity index is 1.86. The summed E-state index contributed by atoms with van der Waals surface area (Å²) in [7, 11) is 0. The molecule has 2 rings (SSSR count). The monoisotopic (exact) mass is 356 g/mol. The summed E-state index contributed by atoms with van der Waals surface area (Å²) in [6.45, 7) is 3.18. The van der Waals surface area contributed by atoms with Crippen molar-refractivity contribution in [3.05, 3.63) is 69.8 Å². The van der Waals surface area contributed by atoms with Crippen molar-refractivity contribution in [2.75, 3.05) is 11.9 Å². The van der Waals surface area contributed by atoms with Gasteiger partial charge in [-0.1, -0.05) is 43.3 Å². The lowest BCUT2D eigenvalue weighted by Crippen LogP contribution is -2.22. The van der Waals surface area contributed by atoms with Gasteiger partial charge in [-0.3, -0.25) is 19.7 Å². The molecule has 0 unspecified atom stereocenters. The van der Waals surface area contributed by atoms with Crippen molar-refractivity contribution in [3.8, 4) is 0 Å². The van der Waals surface area contributed by atoms with E-state index < -0.39 is 23.4 Å². The summed E-state index contributed by atoms with van der Waals surface area (Å²) in [4.78, 5) is 34.1. The van der Waals surface area contributed by atoms with Gasteiger partial charge in [0.1, 0.15) is 0 Å². The Hall–Kier alpha value is -3.22. The van der Waals surface area contributed by atoms with Gasteiger partial charge in [0.05, 0.1) is 17.0 Å². The molecule has 0 radical (unpaired) electrons. The number of nitro benzene ring substituents is 1. The molecule has 0 saturated carbocycles. The van der Waals surface area contributed by atoms with Gasteiger partial charge in [0.15, 0.2) is 6.61 Å². The van der Waals surface area contributed by atoms with Gasteiger partial charge in [-0.15, -0.1) is 0 Å². The van der Waals surface area contributed by atoms with E-state index in [0.29, 0.717) is 11.3 Å². The van der Waals surface area contributed by atoms with Crippen molar-refractivity contribution in [1.82, 2.24) is 0 Å². The van der Waals surface area contributed by atoms with Crippen LogP contribution in [-0.2, 0) is 14.3 Å². The van der Waals surface area contributed by atoms with E-state index in [1.165, 1.54) is 12.1 Å². The zero-order chi connectivity index (χ0) is 19.1. The molecule has 0 bridgehead atoms. The van der Waals surface area contributed by atoms with Crippen LogP contribution in [0.15, 0.2) is 48.5 Å². The van der Waals surface area contributed by atoms with Crippen molar-refractivity contribution in [1.29, 1.82) is 0 Å². The number of nitrogens with one attached hydrogen (secondary N) is 1. The third-order valence-corrected chi connectivity index (χ3v) is 3.91. The Morgan fingerprint density at radius 3 is 2.54 bits per heavy atom. The molecule has 136 valence electrons. The van der Waals surface area contributed by atoms with Crippen LogP contribution < -0.4 is 5.32 Å². The van der Waals surface area contributed by atoms with E-state index in [1.54, 1.807) is 13.0 Å². The number of aryl methyl sites for hydroxylation is 1. The number of ether oxygens (including phenoxy) is 1. The van der Waals surface area contributed by atoms with E-state index in [9.17, 15) is 19.7 Å². The molecule has 1 atom stereocenters. The first-order chi connectivity index (χ1) is 12.4. The van der Waals surface area contributed by atoms with E-state index in [2.05, 4.69) is 5.32 Å². The van der Waals surface area contributed by atoms with Gasteiger partial charge in [-0.25, -0.2) is 0 Å². The second-order valence-corrected chi connectivity index (χ2v) is 5.98. The molecule has 1 amide bonds. The van der Waals surface area contributed by atoms with Gasteiger partial charge in [0, 0.05) is 12.1 Å². The molecule has 7 nitrogen and oxygen atoms in total. The van der Waals surface area contributed by atoms with Crippen LogP contribution in [0.1, 0.15) is 30.4 Å². The maximum Gasteiger partial charge on any atom is 0.306 e. The number of carbonyl (C=O) groups is 2. The Morgan fingerprint density at radius 1 is 1.19 bits per heavy atom. The first-order valence-electron chi connectivity index (χ1n) is 8.12. The highest BCUT2D eigenvalue weighted by molar-refractivity contribution is 5.93. The highest BCUT2D eigenvalue weighted by Crippen LogP contribution is 2.22. The van der Waals surface area contributed by atoms with Crippen LogP contribution in [0.25, 0.3) is 0 Å².